The number of nitrogens with zero attached hydrogens (tertiary/aromatic N) is 1. The van der Waals surface area contributed by atoms with Gasteiger partial charge >= 0.3 is 0 Å². The molecule has 1 aliphatic heterocycles. The zero-order chi connectivity index (χ0) is 36.1. The van der Waals surface area contributed by atoms with E-state index in [1.165, 1.54) is 0 Å². The minimum atomic E-state index is -3.54. The van der Waals surface area contributed by atoms with Gasteiger partial charge in [0.25, 0.3) is 5.91 Å². The van der Waals surface area contributed by atoms with Gasteiger partial charge in [0.1, 0.15) is 6.04 Å². The lowest BCUT2D eigenvalue weighted by Crippen LogP contribution is -2.58. The summed E-state index contributed by atoms with van der Waals surface area (Å²) < 4.78 is 25.5. The van der Waals surface area contributed by atoms with E-state index in [0.29, 0.717) is 19.4 Å². The third-order valence-electron chi connectivity index (χ3n) is 11.1. The van der Waals surface area contributed by atoms with E-state index in [9.17, 15) is 32.4 Å². The third kappa shape index (κ3) is 8.84. The Bertz CT molecular complexity index is 1350. The fraction of sp³-hybridized carbons (Fsp3) is 0.861. The summed E-state index contributed by atoms with van der Waals surface area (Å²) in [6.45, 7) is 20.9. The van der Waals surface area contributed by atoms with E-state index >= 15 is 0 Å². The van der Waals surface area contributed by atoms with E-state index in [0.717, 1.165) is 19.3 Å². The fourth-order valence-electron chi connectivity index (χ4n) is 8.12. The molecule has 0 aromatic heterocycles. The first-order valence-electron chi connectivity index (χ1n) is 17.4. The molecule has 0 spiro atoms. The highest BCUT2D eigenvalue weighted by atomic mass is 32.2. The number of fused-ring (bicyclic) bond motifs is 1. The first-order chi connectivity index (χ1) is 21.2. The average molecular weight is 680 g/mol. The number of sulfone groups is 1. The second kappa shape index (κ2) is 13.5. The minimum absolute atomic E-state index is 0.0704. The van der Waals surface area contributed by atoms with Crippen LogP contribution in [0.25, 0.3) is 0 Å². The number of hydrogen-bond donors (Lipinski definition) is 2. The first kappa shape index (κ1) is 39.1. The molecule has 6 atom stereocenters. The van der Waals surface area contributed by atoms with E-state index in [-0.39, 0.29) is 59.4 Å². The van der Waals surface area contributed by atoms with Gasteiger partial charge in [-0.2, -0.15) is 0 Å². The summed E-state index contributed by atoms with van der Waals surface area (Å²) in [5.41, 5.74) is 3.65. The van der Waals surface area contributed by atoms with Crippen molar-refractivity contribution < 1.29 is 32.4 Å². The van der Waals surface area contributed by atoms with Crippen molar-refractivity contribution in [2.75, 3.05) is 12.3 Å². The second-order valence-corrected chi connectivity index (χ2v) is 21.1. The minimum Gasteiger partial charge on any atom is -0.363 e. The van der Waals surface area contributed by atoms with Gasteiger partial charge in [0.2, 0.25) is 17.6 Å². The Morgan fingerprint density at radius 1 is 0.979 bits per heavy atom. The van der Waals surface area contributed by atoms with Crippen molar-refractivity contribution in [1.29, 1.82) is 0 Å². The monoisotopic (exact) mass is 679 g/mol. The van der Waals surface area contributed by atoms with Crippen LogP contribution < -0.4 is 11.1 Å². The van der Waals surface area contributed by atoms with Crippen molar-refractivity contribution in [1.82, 2.24) is 10.2 Å². The van der Waals surface area contributed by atoms with Crippen LogP contribution in [0.4, 0.5) is 0 Å². The first-order valence-corrected chi connectivity index (χ1v) is 19.1. The molecule has 3 rings (SSSR count). The number of Topliss-reactive ketones (excluding diaryl/α,β-unsaturated/α-hetero) is 2. The molecule has 0 radical (unpaired) electrons. The molecule has 3 N–H and O–H groups in total. The maximum atomic E-state index is 14.4. The molecular weight excluding hydrogens is 618 g/mol. The van der Waals surface area contributed by atoms with Crippen LogP contribution in [-0.2, 0) is 33.8 Å². The van der Waals surface area contributed by atoms with Crippen molar-refractivity contribution in [3.63, 3.8) is 0 Å². The van der Waals surface area contributed by atoms with Crippen LogP contribution in [0.5, 0.6) is 0 Å². The number of primary amides is 1. The molecule has 1 unspecified atom stereocenters. The number of hydrogen-bond acceptors (Lipinski definition) is 7. The van der Waals surface area contributed by atoms with Crippen molar-refractivity contribution in [3.05, 3.63) is 0 Å². The Morgan fingerprint density at radius 3 is 2.00 bits per heavy atom. The summed E-state index contributed by atoms with van der Waals surface area (Å²) in [7, 11) is -3.54. The van der Waals surface area contributed by atoms with Crippen LogP contribution in [-0.4, -0.2) is 71.7 Å². The topological polar surface area (TPSA) is 161 Å². The molecule has 11 heteroatoms. The molecule has 0 bridgehead atoms. The molecule has 3 aliphatic rings. The predicted octanol–water partition coefficient (Wildman–Crippen LogP) is 4.48. The Morgan fingerprint density at radius 2 is 1.55 bits per heavy atom. The number of rotatable bonds is 15. The quantitative estimate of drug-likeness (QED) is 0.241. The number of nitrogens with one attached hydrogen (secondary N) is 1. The van der Waals surface area contributed by atoms with Crippen LogP contribution in [0.1, 0.15) is 121 Å². The molecule has 47 heavy (non-hydrogen) atoms. The molecule has 1 saturated heterocycles. The summed E-state index contributed by atoms with van der Waals surface area (Å²) in [6, 6.07) is -1.73. The number of carbonyl (C=O) groups is 5. The molecule has 3 fully saturated rings. The molecule has 3 amide bonds. The highest BCUT2D eigenvalue weighted by molar-refractivity contribution is 7.92. The van der Waals surface area contributed by atoms with Gasteiger partial charge in [-0.15, -0.1) is 0 Å². The molecule has 268 valence electrons. The lowest BCUT2D eigenvalue weighted by molar-refractivity contribution is -0.146. The molecule has 2 saturated carbocycles. The van der Waals surface area contributed by atoms with Crippen LogP contribution >= 0.6 is 0 Å². The van der Waals surface area contributed by atoms with Crippen LogP contribution in [0, 0.1) is 45.8 Å². The summed E-state index contributed by atoms with van der Waals surface area (Å²) in [5.74, 6) is -3.31. The van der Waals surface area contributed by atoms with Gasteiger partial charge in [0.15, 0.2) is 15.6 Å². The van der Waals surface area contributed by atoms with Crippen molar-refractivity contribution >= 4 is 39.1 Å². The molecule has 10 nitrogen and oxygen atoms in total. The van der Waals surface area contributed by atoms with Crippen molar-refractivity contribution in [2.45, 2.75) is 138 Å². The lowest BCUT2D eigenvalue weighted by atomic mass is 9.76. The van der Waals surface area contributed by atoms with Gasteiger partial charge in [0.05, 0.1) is 16.5 Å². The van der Waals surface area contributed by atoms with Crippen molar-refractivity contribution in [2.24, 2.45) is 51.6 Å². The van der Waals surface area contributed by atoms with Gasteiger partial charge < -0.3 is 16.0 Å². The normalized spacial score (nSPS) is 25.3. The van der Waals surface area contributed by atoms with Crippen LogP contribution in [0.2, 0.25) is 0 Å². The zero-order valence-corrected chi connectivity index (χ0v) is 31.5. The van der Waals surface area contributed by atoms with Crippen molar-refractivity contribution in [3.8, 4) is 0 Å². The second-order valence-electron chi connectivity index (χ2n) is 18.3. The van der Waals surface area contributed by atoms with E-state index in [4.69, 9.17) is 5.73 Å². The lowest BCUT2D eigenvalue weighted by Gasteiger charge is -2.39. The number of ketones is 2. The van der Waals surface area contributed by atoms with Gasteiger partial charge in [-0.1, -0.05) is 74.7 Å². The summed E-state index contributed by atoms with van der Waals surface area (Å²) in [4.78, 5) is 68.5. The van der Waals surface area contributed by atoms with Crippen LogP contribution in [0.3, 0.4) is 0 Å². The number of piperidine rings is 1. The summed E-state index contributed by atoms with van der Waals surface area (Å²) in [6.07, 6.45) is 3.69. The largest absolute Gasteiger partial charge is 0.363 e. The van der Waals surface area contributed by atoms with Gasteiger partial charge in [-0.05, 0) is 73.5 Å². The molecule has 1 heterocycles. The van der Waals surface area contributed by atoms with Gasteiger partial charge in [-0.25, -0.2) is 8.42 Å². The summed E-state index contributed by atoms with van der Waals surface area (Å²) >= 11 is 0. The van der Waals surface area contributed by atoms with Gasteiger partial charge in [-0.3, -0.25) is 24.0 Å². The number of nitrogens with two attached hydrogens (primary N) is 1. The third-order valence-corrected chi connectivity index (χ3v) is 14.0. The summed E-state index contributed by atoms with van der Waals surface area (Å²) in [5, 5.41) is 2.96. The van der Waals surface area contributed by atoms with Crippen LogP contribution in [0.15, 0.2) is 0 Å². The van der Waals surface area contributed by atoms with E-state index in [2.05, 4.69) is 19.2 Å². The SMILES string of the molecule is CC(C)C[C@](C)(CC(=O)N[C@@H](C(=O)N1C[C@H]2[C@@H]([C@H]1C(=O)CC(CC1CCC1)C(=O)C(N)=O)C2(C)C)C(C)(C)C)CS(=O)(=O)C(C)(C)C. The Kier molecular flexibility index (Phi) is 11.3. The Labute approximate surface area is 283 Å². The molecule has 0 aromatic rings. The maximum absolute atomic E-state index is 14.4. The zero-order valence-electron chi connectivity index (χ0n) is 30.7. The Balaban J connectivity index is 1.86. The standard InChI is InChI=1S/C36H61N3O7S/c1-21(2)17-36(11,20-47(45,46)34(6,7)8)18-26(41)38-30(33(3,4)5)32(44)39-19-24-27(35(24,9)10)28(39)25(40)16-23(29(42)31(37)43)15-22-13-12-14-22/h21-24,27-28,30H,12-20H2,1-11H3,(H2,37,43)(H,38,41)/t23?,24-,27-,28+,30-,36+/m0/s1. The predicted molar refractivity (Wildman–Crippen MR) is 183 cm³/mol. The fourth-order valence-corrected chi connectivity index (χ4v) is 9.69. The average Bonchev–Trinajstić information content (AvgIpc) is 3.17. The number of amides is 3. The van der Waals surface area contributed by atoms with Gasteiger partial charge in [0, 0.05) is 25.3 Å². The number of carbonyl (C=O) groups excluding carboxylic acids is 5. The Hall–Kier alpha value is -2.30. The molecule has 2 aliphatic carbocycles. The molecule has 0 aromatic carbocycles. The van der Waals surface area contributed by atoms with E-state index in [1.54, 1.807) is 25.7 Å². The number of likely N-dealkylation sites (tertiary alicyclic amines) is 1. The van der Waals surface area contributed by atoms with E-state index < -0.39 is 61.0 Å². The van der Waals surface area contributed by atoms with E-state index in [1.807, 2.05) is 41.5 Å². The maximum Gasteiger partial charge on any atom is 0.285 e. The smallest absolute Gasteiger partial charge is 0.285 e. The molecular formula is C36H61N3O7S. The highest BCUT2D eigenvalue weighted by Gasteiger charge is 2.69. The highest BCUT2D eigenvalue weighted by Crippen LogP contribution is 2.65.